The third-order valence-electron chi connectivity index (χ3n) is 0.357. The molecule has 0 amide bonds. The molecule has 6 heteroatoms. The van der Waals surface area contributed by atoms with Crippen LogP contribution < -0.4 is 51.4 Å². The van der Waals surface area contributed by atoms with Crippen molar-refractivity contribution in [1.82, 2.24) is 0 Å². The van der Waals surface area contributed by atoms with E-state index < -0.39 is 12.1 Å². The molecule has 2 N–H and O–H groups in total. The molecule has 4 nitrogen and oxygen atoms in total. The molecule has 0 radical (unpaired) electrons. The van der Waals surface area contributed by atoms with Gasteiger partial charge in [-0.25, -0.2) is 4.79 Å². The van der Waals surface area contributed by atoms with E-state index in [-0.39, 0.29) is 51.4 Å². The second-order valence-corrected chi connectivity index (χ2v) is 1.01. The first kappa shape index (κ1) is 16.8. The third kappa shape index (κ3) is 17.6. The fourth-order valence-electron chi connectivity index (χ4n) is 0. The largest absolute Gasteiger partial charge is 1.00 e. The molecule has 0 aliphatic rings. The van der Waals surface area contributed by atoms with Gasteiger partial charge in [0.25, 0.3) is 0 Å². The monoisotopic (exact) mass is 178 g/mol. The summed E-state index contributed by atoms with van der Waals surface area (Å²) in [6, 6.07) is 0. The van der Waals surface area contributed by atoms with Crippen LogP contribution in [0.3, 0.4) is 0 Å². The van der Waals surface area contributed by atoms with E-state index in [4.69, 9.17) is 14.8 Å². The van der Waals surface area contributed by atoms with Crippen LogP contribution in [0.5, 0.6) is 0 Å². The van der Waals surface area contributed by atoms with E-state index in [0.29, 0.717) is 0 Å². The molecule has 0 aromatic rings. The van der Waals surface area contributed by atoms with E-state index >= 15 is 0 Å². The molecule has 0 spiro atoms. The van der Waals surface area contributed by atoms with Crippen molar-refractivity contribution in [2.24, 2.45) is 0 Å². The van der Waals surface area contributed by atoms with Crippen LogP contribution in [-0.4, -0.2) is 26.8 Å². The van der Waals surface area contributed by atoms with Gasteiger partial charge in [-0.2, -0.15) is 0 Å². The van der Waals surface area contributed by atoms with Gasteiger partial charge >= 0.3 is 57.4 Å². The van der Waals surface area contributed by atoms with Crippen molar-refractivity contribution in [3.63, 3.8) is 0 Å². The summed E-state index contributed by atoms with van der Waals surface area (Å²) >= 11 is 2.28. The molecular formula is C3H7KO4S. The van der Waals surface area contributed by atoms with Gasteiger partial charge in [-0.05, 0) is 6.92 Å². The van der Waals surface area contributed by atoms with Gasteiger partial charge in [0.1, 0.15) is 6.10 Å². The quantitative estimate of drug-likeness (QED) is 0.221. The van der Waals surface area contributed by atoms with Crippen molar-refractivity contribution in [3.05, 3.63) is 0 Å². The maximum atomic E-state index is 9.45. The molecular weight excluding hydrogens is 171 g/mol. The normalized spacial score (nSPS) is 9.78. The Hall–Kier alpha value is 1.38. The smallest absolute Gasteiger partial charge is 0.802 e. The average Bonchev–Trinajstić information content (AvgIpc) is 1.72. The number of aliphatic carboxylic acids is 1. The number of aliphatic hydroxyl groups is 1. The van der Waals surface area contributed by atoms with E-state index in [2.05, 4.69) is 12.9 Å². The first-order valence-corrected chi connectivity index (χ1v) is 2.10. The van der Waals surface area contributed by atoms with Gasteiger partial charge in [0, 0.05) is 0 Å². The summed E-state index contributed by atoms with van der Waals surface area (Å²) in [4.78, 5) is 9.45. The number of carboxylic acids is 1. The molecule has 50 valence electrons. The molecule has 0 aliphatic heterocycles. The first-order chi connectivity index (χ1) is 3.64. The predicted molar refractivity (Wildman–Crippen MR) is 29.1 cm³/mol. The average molecular weight is 178 g/mol. The Morgan fingerprint density at radius 2 is 1.78 bits per heavy atom. The number of thiol groups is 1. The summed E-state index contributed by atoms with van der Waals surface area (Å²) in [6.45, 7) is 1.20. The molecule has 1 unspecified atom stereocenters. The summed E-state index contributed by atoms with van der Waals surface area (Å²) in [5.41, 5.74) is 0. The Morgan fingerprint density at radius 3 is 1.78 bits per heavy atom. The standard InChI is InChI=1S/C3H6O3.K.H2OS/c1-2(4)3(5)6;;1-2/h2,4H,1H3,(H,5,6);;1-2H/q;+1;/p-1. The Kier molecular flexibility index (Phi) is 22.5. The van der Waals surface area contributed by atoms with Gasteiger partial charge in [-0.1, -0.05) is 0 Å². The molecule has 0 bridgehead atoms. The molecule has 0 aromatic heterocycles. The number of hydrogen-bond acceptors (Lipinski definition) is 4. The van der Waals surface area contributed by atoms with Crippen LogP contribution in [-0.2, 0) is 4.79 Å². The molecule has 0 heterocycles. The van der Waals surface area contributed by atoms with Gasteiger partial charge in [-0.3, -0.25) is 12.9 Å². The maximum Gasteiger partial charge on any atom is 1.00 e. The van der Waals surface area contributed by atoms with Crippen LogP contribution >= 0.6 is 12.9 Å². The number of aliphatic hydroxyl groups excluding tert-OH is 1. The molecule has 9 heavy (non-hydrogen) atoms. The Balaban J connectivity index is -0.000000109. The van der Waals surface area contributed by atoms with Crippen molar-refractivity contribution in [2.75, 3.05) is 0 Å². The summed E-state index contributed by atoms with van der Waals surface area (Å²) < 4.78 is 7.94. The summed E-state index contributed by atoms with van der Waals surface area (Å²) in [5.74, 6) is -1.19. The third-order valence-corrected chi connectivity index (χ3v) is 0.357. The van der Waals surface area contributed by atoms with Gasteiger partial charge in [-0.15, -0.1) is 0 Å². The van der Waals surface area contributed by atoms with E-state index in [1.54, 1.807) is 0 Å². The van der Waals surface area contributed by atoms with Crippen LogP contribution in [0.15, 0.2) is 0 Å². The number of carboxylic acid groups (broad SMARTS) is 1. The van der Waals surface area contributed by atoms with E-state index in [1.165, 1.54) is 6.92 Å². The topological polar surface area (TPSA) is 80.6 Å². The maximum absolute atomic E-state index is 9.45. The fraction of sp³-hybridized carbons (Fsp3) is 0.667. The SMILES string of the molecule is CC(O)C(=O)O.[K+].[O-]S. The zero-order valence-corrected chi connectivity index (χ0v) is 9.25. The zero-order chi connectivity index (χ0) is 7.15. The summed E-state index contributed by atoms with van der Waals surface area (Å²) in [7, 11) is 0. The summed E-state index contributed by atoms with van der Waals surface area (Å²) in [5, 5.41) is 15.8. The predicted octanol–water partition coefficient (Wildman–Crippen LogP) is -3.50. The number of rotatable bonds is 1. The molecule has 1 atom stereocenters. The summed E-state index contributed by atoms with van der Waals surface area (Å²) in [6.07, 6.45) is -1.23. The minimum absolute atomic E-state index is 0. The van der Waals surface area contributed by atoms with Gasteiger partial charge in [0.15, 0.2) is 0 Å². The van der Waals surface area contributed by atoms with Crippen molar-refractivity contribution in [3.8, 4) is 0 Å². The molecule has 0 aliphatic carbocycles. The van der Waals surface area contributed by atoms with Crippen molar-refractivity contribution >= 4 is 18.9 Å². The Labute approximate surface area is 101 Å². The molecule has 0 saturated heterocycles. The Bertz CT molecular complexity index is 66.8. The van der Waals surface area contributed by atoms with Gasteiger partial charge in [0.05, 0.1) is 0 Å². The molecule has 0 rings (SSSR count). The van der Waals surface area contributed by atoms with Crippen LogP contribution in [0.4, 0.5) is 0 Å². The van der Waals surface area contributed by atoms with Crippen LogP contribution in [0.2, 0.25) is 0 Å². The van der Waals surface area contributed by atoms with Crippen molar-refractivity contribution in [2.45, 2.75) is 13.0 Å². The van der Waals surface area contributed by atoms with Crippen LogP contribution in [0.25, 0.3) is 0 Å². The van der Waals surface area contributed by atoms with Crippen molar-refractivity contribution in [1.29, 1.82) is 0 Å². The molecule has 0 aromatic carbocycles. The molecule has 0 saturated carbocycles. The van der Waals surface area contributed by atoms with E-state index in [9.17, 15) is 4.79 Å². The number of carbonyl (C=O) groups is 1. The zero-order valence-electron chi connectivity index (χ0n) is 5.24. The minimum atomic E-state index is -1.23. The first-order valence-electron chi connectivity index (χ1n) is 1.73. The second kappa shape index (κ2) is 12.1. The van der Waals surface area contributed by atoms with Gasteiger partial charge in [0.2, 0.25) is 0 Å². The van der Waals surface area contributed by atoms with Gasteiger partial charge < -0.3 is 14.8 Å². The Morgan fingerprint density at radius 1 is 1.67 bits per heavy atom. The second-order valence-electron chi connectivity index (χ2n) is 1.01. The molecule has 0 fully saturated rings. The van der Waals surface area contributed by atoms with E-state index in [1.807, 2.05) is 0 Å². The minimum Gasteiger partial charge on any atom is -0.802 e. The van der Waals surface area contributed by atoms with Crippen LogP contribution in [0.1, 0.15) is 6.92 Å². The van der Waals surface area contributed by atoms with Crippen molar-refractivity contribution < 1.29 is 70.9 Å². The van der Waals surface area contributed by atoms with Crippen LogP contribution in [0, 0.1) is 0 Å². The number of hydrogen-bond donors (Lipinski definition) is 3. The fourth-order valence-corrected chi connectivity index (χ4v) is 0. The van der Waals surface area contributed by atoms with E-state index in [0.717, 1.165) is 0 Å².